The molecular weight excluding hydrogens is 1500 g/mol. The van der Waals surface area contributed by atoms with Crippen LogP contribution < -0.4 is 42.5 Å². The van der Waals surface area contributed by atoms with Crippen LogP contribution in [0.15, 0.2) is 12.2 Å². The van der Waals surface area contributed by atoms with Crippen molar-refractivity contribution in [3.05, 3.63) is 12.2 Å². The van der Waals surface area contributed by atoms with Gasteiger partial charge in [0.2, 0.25) is 47.3 Å². The van der Waals surface area contributed by atoms with Gasteiger partial charge in [-0.25, -0.2) is 0 Å². The highest BCUT2D eigenvalue weighted by molar-refractivity contribution is 8.00. The number of hydrogen-bond donors (Lipinski definition) is 16. The summed E-state index contributed by atoms with van der Waals surface area (Å²) in [6, 6.07) is -4.00. The van der Waals surface area contributed by atoms with Crippen molar-refractivity contribution in [3.63, 3.8) is 0 Å². The number of imide groups is 2. The largest absolute Gasteiger partial charge is 0.394 e. The maximum atomic E-state index is 14.5. The van der Waals surface area contributed by atoms with Gasteiger partial charge in [-0.3, -0.25) is 72.1 Å². The van der Waals surface area contributed by atoms with Crippen LogP contribution in [0, 0.1) is 5.92 Å². The average molecular weight is 1620 g/mol. The zero-order valence-corrected chi connectivity index (χ0v) is 65.7. The molecule has 6 aliphatic heterocycles. The molecule has 0 spiro atoms. The fourth-order valence-corrected chi connectivity index (χ4v) is 14.6. The minimum atomic E-state index is -2.30. The number of rotatable bonds is 43. The predicted octanol–water partition coefficient (Wildman–Crippen LogP) is -7.01. The highest BCUT2D eigenvalue weighted by Gasteiger charge is 2.58. The van der Waals surface area contributed by atoms with Gasteiger partial charge in [0, 0.05) is 111 Å². The molecule has 0 saturated carbocycles. The summed E-state index contributed by atoms with van der Waals surface area (Å²) in [5.41, 5.74) is -1.12. The Morgan fingerprint density at radius 3 is 1.57 bits per heavy atom. The van der Waals surface area contributed by atoms with Gasteiger partial charge in [-0.1, -0.05) is 20.3 Å². The van der Waals surface area contributed by atoms with E-state index in [1.165, 1.54) is 37.6 Å². The molecular formula is C71H115N11O29S. The summed E-state index contributed by atoms with van der Waals surface area (Å²) in [5, 5.41) is 113. The third-order valence-electron chi connectivity index (χ3n) is 19.2. The molecule has 634 valence electrons. The number of carbonyl (C=O) groups excluding carboxylic acids is 13. The number of unbranched alkanes of at least 4 members (excludes halogenated alkanes) is 2. The van der Waals surface area contributed by atoms with Gasteiger partial charge in [0.25, 0.3) is 23.6 Å². The molecule has 21 unspecified atom stereocenters. The Kier molecular flexibility index (Phi) is 37.6. The average Bonchev–Trinajstić information content (AvgIpc) is 0.805. The number of Topliss-reactive ketones (excluding diaryl/α,β-unsaturated/α-hetero) is 1. The van der Waals surface area contributed by atoms with Crippen molar-refractivity contribution < 1.29 is 141 Å². The fraction of sp³-hybridized carbons (Fsp3) is 0.789. The van der Waals surface area contributed by atoms with Crippen molar-refractivity contribution in [1.29, 1.82) is 0 Å². The lowest BCUT2D eigenvalue weighted by atomic mass is 9.87. The number of carbonyl (C=O) groups is 13. The zero-order chi connectivity index (χ0) is 83.0. The second kappa shape index (κ2) is 44.8. The van der Waals surface area contributed by atoms with Crippen LogP contribution in [0.5, 0.6) is 0 Å². The molecule has 5 saturated heterocycles. The number of ketones is 1. The first-order valence-corrected chi connectivity index (χ1v) is 38.8. The van der Waals surface area contributed by atoms with Crippen LogP contribution in [0.4, 0.5) is 0 Å². The van der Waals surface area contributed by atoms with E-state index in [1.54, 1.807) is 41.7 Å². The summed E-state index contributed by atoms with van der Waals surface area (Å²) in [7, 11) is 3.28. The monoisotopic (exact) mass is 1620 g/mol. The molecule has 0 aromatic rings. The van der Waals surface area contributed by atoms with E-state index >= 15 is 0 Å². The van der Waals surface area contributed by atoms with Crippen LogP contribution in [-0.2, 0) is 100 Å². The van der Waals surface area contributed by atoms with Crippen molar-refractivity contribution in [2.24, 2.45) is 5.92 Å². The van der Waals surface area contributed by atoms with Gasteiger partial charge >= 0.3 is 0 Å². The van der Waals surface area contributed by atoms with Crippen LogP contribution in [0.25, 0.3) is 0 Å². The third-order valence-corrected chi connectivity index (χ3v) is 20.5. The molecule has 0 aromatic heterocycles. The van der Waals surface area contributed by atoms with Crippen molar-refractivity contribution >= 4 is 88.4 Å². The van der Waals surface area contributed by atoms with E-state index < -0.39 is 224 Å². The second-order valence-corrected chi connectivity index (χ2v) is 30.9. The molecule has 6 heterocycles. The first-order chi connectivity index (χ1) is 52.9. The standard InChI is InChI=1S/C71H115N11O29S/c1-35(2)57-49(78-37(4)86)58(51(94)40(33-83)104-57)106-69-55(98)53(96)60(62(109-69)65(101)76-26-15-23-73-43(88)20-28-81-46(91)18-19-47(81)92)108-68-50(79-38(5)87)59(52(95)41(34-84)105-68)107-70-56(99)54(97)61(111-71(6,7)8)63(110-70)66(102)77-27-16-24-74-44(89)21-29-82-48(93)32-42(67(82)103)112-30-13-11-12-17-45(90)80(10)39(31-36(3)85)64(100)75-25-14-22-72-9/h18-19,35,39-42,49-63,68-70,72,83-84,94-99H,11-17,20-34H2,1-10H3,(H,73,88)(H,74,89)(H,75,100)(H,76,101)(H,77,102)(H,78,86)(H,79,87)/t39-,40?,41?,42?,49?,50?,51?,52?,53?,54?,55?,56?,57?,58?,59?,60?,61?,62?,63?,68?,69?,70?/m0/s1. The second-order valence-electron chi connectivity index (χ2n) is 29.6. The maximum absolute atomic E-state index is 14.5. The topological polar surface area (TPSA) is 564 Å². The Bertz CT molecular complexity index is 3230. The Morgan fingerprint density at radius 1 is 0.571 bits per heavy atom. The lowest BCUT2D eigenvalue weighted by Crippen LogP contribution is -2.71. The van der Waals surface area contributed by atoms with E-state index in [2.05, 4.69) is 42.5 Å². The lowest BCUT2D eigenvalue weighted by molar-refractivity contribution is -0.367. The van der Waals surface area contributed by atoms with Crippen molar-refractivity contribution in [2.45, 2.75) is 265 Å². The molecule has 0 aromatic carbocycles. The van der Waals surface area contributed by atoms with Crippen molar-refractivity contribution in [3.8, 4) is 0 Å². The normalized spacial score (nSPS) is 30.4. The Morgan fingerprint density at radius 2 is 1.05 bits per heavy atom. The number of ether oxygens (including phenoxy) is 8. The summed E-state index contributed by atoms with van der Waals surface area (Å²) >= 11 is 1.29. The summed E-state index contributed by atoms with van der Waals surface area (Å²) < 4.78 is 48.9. The van der Waals surface area contributed by atoms with Crippen molar-refractivity contribution in [1.82, 2.24) is 57.2 Å². The van der Waals surface area contributed by atoms with E-state index in [0.717, 1.165) is 28.9 Å². The molecule has 12 amide bonds. The highest BCUT2D eigenvalue weighted by atomic mass is 32.2. The number of likely N-dealkylation sites (N-methyl/N-ethyl adjacent to an activating group) is 1. The fourth-order valence-electron chi connectivity index (χ4n) is 13.4. The van der Waals surface area contributed by atoms with E-state index in [0.29, 0.717) is 44.5 Å². The van der Waals surface area contributed by atoms with Crippen LogP contribution in [-0.4, -0.2) is 357 Å². The number of likely N-dealkylation sites (tertiary alicyclic amines) is 1. The van der Waals surface area contributed by atoms with Crippen molar-refractivity contribution in [2.75, 3.05) is 85.4 Å². The van der Waals surface area contributed by atoms with Gasteiger partial charge in [0.05, 0.1) is 36.2 Å². The molecule has 112 heavy (non-hydrogen) atoms. The highest BCUT2D eigenvalue weighted by Crippen LogP contribution is 2.37. The molecule has 6 rings (SSSR count). The minimum absolute atomic E-state index is 0.0183. The molecule has 5 fully saturated rings. The summed E-state index contributed by atoms with van der Waals surface area (Å²) in [6.07, 6.45) is -30.0. The molecule has 0 radical (unpaired) electrons. The first-order valence-electron chi connectivity index (χ1n) is 37.8. The van der Waals surface area contributed by atoms with E-state index in [-0.39, 0.29) is 95.9 Å². The van der Waals surface area contributed by atoms with Gasteiger partial charge in [0.1, 0.15) is 91.1 Å². The quantitative estimate of drug-likeness (QED) is 0.0199. The zero-order valence-electron chi connectivity index (χ0n) is 64.9. The molecule has 6 aliphatic rings. The van der Waals surface area contributed by atoms with Crippen LogP contribution >= 0.6 is 11.8 Å². The van der Waals surface area contributed by atoms with Gasteiger partial charge < -0.3 is 126 Å². The van der Waals surface area contributed by atoms with Gasteiger partial charge in [-0.15, -0.1) is 11.8 Å². The summed E-state index contributed by atoms with van der Waals surface area (Å²) in [6.45, 7) is 10.1. The smallest absolute Gasteiger partial charge is 0.253 e. The molecule has 40 nitrogen and oxygen atoms in total. The molecule has 22 atom stereocenters. The number of aliphatic hydroxyl groups is 8. The van der Waals surface area contributed by atoms with E-state index in [9.17, 15) is 103 Å². The number of nitrogens with one attached hydrogen (secondary N) is 8. The van der Waals surface area contributed by atoms with Crippen LogP contribution in [0.3, 0.4) is 0 Å². The third kappa shape index (κ3) is 26.9. The number of aliphatic hydroxyl groups excluding tert-OH is 8. The SMILES string of the molecule is CNCCCNC(=O)[C@H](CC(C)=O)N(C)C(=O)CCCCCSC1CC(=O)N(CCC(=O)NCCCNC(=O)C2OC(OC3C(O)C(CO)OC(OC4C(C(=O)NCCCNC(=O)CCN5C(=O)C=CC5=O)OC(OC5C(O)C(CO)OC(C(C)C)C5NC(C)=O)C(O)C4O)C3NC(C)=O)C(O)C(O)C2OC(C)(C)C)C1=O. The van der Waals surface area contributed by atoms with E-state index in [1.807, 2.05) is 0 Å². The Labute approximate surface area is 653 Å². The van der Waals surface area contributed by atoms with E-state index in [4.69, 9.17) is 37.9 Å². The predicted molar refractivity (Wildman–Crippen MR) is 390 cm³/mol. The van der Waals surface area contributed by atoms with Gasteiger partial charge in [-0.05, 0) is 85.1 Å². The molecule has 0 aliphatic carbocycles. The lowest BCUT2D eigenvalue weighted by Gasteiger charge is -2.50. The molecule has 0 bridgehead atoms. The van der Waals surface area contributed by atoms with Gasteiger partial charge in [0.15, 0.2) is 31.1 Å². The Hall–Kier alpha value is -6.88. The first kappa shape index (κ1) is 94.0. The number of amides is 12. The Balaban J connectivity index is 1.08. The molecule has 16 N–H and O–H groups in total. The molecule has 41 heteroatoms. The maximum Gasteiger partial charge on any atom is 0.253 e. The number of hydrogen-bond acceptors (Lipinski definition) is 31. The summed E-state index contributed by atoms with van der Waals surface area (Å²) in [4.78, 5) is 172. The van der Waals surface area contributed by atoms with Gasteiger partial charge in [-0.2, -0.15) is 0 Å². The van der Waals surface area contributed by atoms with Crippen LogP contribution in [0.1, 0.15) is 126 Å². The number of thioether (sulfide) groups is 1. The minimum Gasteiger partial charge on any atom is -0.394 e. The summed E-state index contributed by atoms with van der Waals surface area (Å²) in [5.74, 6) is -7.53. The van der Waals surface area contributed by atoms with Crippen LogP contribution in [0.2, 0.25) is 0 Å². The number of nitrogens with zero attached hydrogens (tertiary/aromatic N) is 3.